The van der Waals surface area contributed by atoms with Crippen molar-refractivity contribution < 1.29 is 4.79 Å². The second-order valence-electron chi connectivity index (χ2n) is 3.55. The maximum absolute atomic E-state index is 11.2. The van der Waals surface area contributed by atoms with Gasteiger partial charge in [0.25, 0.3) is 0 Å². The number of hydrogen-bond donors (Lipinski definition) is 2. The first-order valence-electron chi connectivity index (χ1n) is 4.52. The topological polar surface area (TPSA) is 55.1 Å². The highest BCUT2D eigenvalue weighted by Gasteiger charge is 2.22. The van der Waals surface area contributed by atoms with Crippen LogP contribution < -0.4 is 11.1 Å². The molecule has 0 aliphatic carbocycles. The van der Waals surface area contributed by atoms with Gasteiger partial charge in [-0.15, -0.1) is 0 Å². The number of carbonyl (C=O) groups excluding carboxylic acids is 1. The van der Waals surface area contributed by atoms with E-state index in [0.29, 0.717) is 0 Å². The SMILES string of the molecule is CCC(C)(CC)NC(=O)[C@H](C)N. The zero-order valence-electron chi connectivity index (χ0n) is 8.48. The first kappa shape index (κ1) is 11.4. The zero-order chi connectivity index (χ0) is 9.78. The summed E-state index contributed by atoms with van der Waals surface area (Å²) in [5.74, 6) is -0.0683. The molecule has 0 aliphatic heterocycles. The van der Waals surface area contributed by atoms with Crippen molar-refractivity contribution in [1.82, 2.24) is 5.32 Å². The van der Waals surface area contributed by atoms with E-state index in [-0.39, 0.29) is 11.4 Å². The first-order valence-corrected chi connectivity index (χ1v) is 4.52. The second kappa shape index (κ2) is 4.45. The maximum Gasteiger partial charge on any atom is 0.237 e. The Hall–Kier alpha value is -0.570. The number of hydrogen-bond acceptors (Lipinski definition) is 2. The van der Waals surface area contributed by atoms with Gasteiger partial charge in [-0.2, -0.15) is 0 Å². The van der Waals surface area contributed by atoms with Crippen LogP contribution in [0.2, 0.25) is 0 Å². The molecule has 3 N–H and O–H groups in total. The largest absolute Gasteiger partial charge is 0.350 e. The van der Waals surface area contributed by atoms with Crippen molar-refractivity contribution in [3.8, 4) is 0 Å². The highest BCUT2D eigenvalue weighted by Crippen LogP contribution is 2.13. The fourth-order valence-corrected chi connectivity index (χ4v) is 0.838. The Kier molecular flexibility index (Phi) is 4.24. The van der Waals surface area contributed by atoms with Gasteiger partial charge < -0.3 is 11.1 Å². The quantitative estimate of drug-likeness (QED) is 0.665. The lowest BCUT2D eigenvalue weighted by molar-refractivity contribution is -0.123. The molecule has 0 aromatic heterocycles. The van der Waals surface area contributed by atoms with Crippen LogP contribution in [-0.4, -0.2) is 17.5 Å². The molecule has 0 saturated heterocycles. The summed E-state index contributed by atoms with van der Waals surface area (Å²) in [6.45, 7) is 7.85. The molecule has 0 aliphatic rings. The van der Waals surface area contributed by atoms with Crippen molar-refractivity contribution >= 4 is 5.91 Å². The smallest absolute Gasteiger partial charge is 0.237 e. The van der Waals surface area contributed by atoms with Crippen LogP contribution in [0.15, 0.2) is 0 Å². The molecule has 0 bridgehead atoms. The van der Waals surface area contributed by atoms with Gasteiger partial charge in [-0.1, -0.05) is 13.8 Å². The lowest BCUT2D eigenvalue weighted by Crippen LogP contribution is -2.50. The van der Waals surface area contributed by atoms with Crippen molar-refractivity contribution in [2.45, 2.75) is 52.1 Å². The molecule has 1 amide bonds. The molecule has 0 aromatic carbocycles. The van der Waals surface area contributed by atoms with E-state index in [1.54, 1.807) is 6.92 Å². The van der Waals surface area contributed by atoms with Crippen molar-refractivity contribution in [2.24, 2.45) is 5.73 Å². The van der Waals surface area contributed by atoms with E-state index >= 15 is 0 Å². The van der Waals surface area contributed by atoms with Crippen LogP contribution >= 0.6 is 0 Å². The van der Waals surface area contributed by atoms with E-state index < -0.39 is 6.04 Å². The summed E-state index contributed by atoms with van der Waals surface area (Å²) in [4.78, 5) is 11.2. The Balaban J connectivity index is 4.12. The van der Waals surface area contributed by atoms with E-state index in [9.17, 15) is 4.79 Å². The Morgan fingerprint density at radius 3 is 2.17 bits per heavy atom. The predicted molar refractivity (Wildman–Crippen MR) is 50.8 cm³/mol. The standard InChI is InChI=1S/C9H20N2O/c1-5-9(4,6-2)11-8(12)7(3)10/h7H,5-6,10H2,1-4H3,(H,11,12)/t7-/m0/s1. The van der Waals surface area contributed by atoms with Gasteiger partial charge in [0, 0.05) is 5.54 Å². The first-order chi connectivity index (χ1) is 5.45. The third-order valence-electron chi connectivity index (χ3n) is 2.40. The molecule has 0 heterocycles. The van der Waals surface area contributed by atoms with Crippen LogP contribution in [0.1, 0.15) is 40.5 Å². The summed E-state index contributed by atoms with van der Waals surface area (Å²) >= 11 is 0. The number of amides is 1. The van der Waals surface area contributed by atoms with Gasteiger partial charge in [-0.3, -0.25) is 4.79 Å². The summed E-state index contributed by atoms with van der Waals surface area (Å²) in [7, 11) is 0. The summed E-state index contributed by atoms with van der Waals surface area (Å²) in [5.41, 5.74) is 5.35. The highest BCUT2D eigenvalue weighted by molar-refractivity contribution is 5.81. The molecular formula is C9H20N2O. The Morgan fingerprint density at radius 1 is 1.50 bits per heavy atom. The normalized spacial score (nSPS) is 14.1. The predicted octanol–water partition coefficient (Wildman–Crippen LogP) is 1.03. The Morgan fingerprint density at radius 2 is 1.92 bits per heavy atom. The van der Waals surface area contributed by atoms with E-state index in [2.05, 4.69) is 19.2 Å². The fraction of sp³-hybridized carbons (Fsp3) is 0.889. The summed E-state index contributed by atoms with van der Waals surface area (Å²) in [6.07, 6.45) is 1.86. The Bertz CT molecular complexity index is 151. The zero-order valence-corrected chi connectivity index (χ0v) is 8.48. The van der Waals surface area contributed by atoms with Crippen LogP contribution in [0.3, 0.4) is 0 Å². The molecule has 3 nitrogen and oxygen atoms in total. The van der Waals surface area contributed by atoms with E-state index in [0.717, 1.165) is 12.8 Å². The average Bonchev–Trinajstić information content (AvgIpc) is 2.04. The minimum atomic E-state index is -0.414. The van der Waals surface area contributed by atoms with E-state index in [4.69, 9.17) is 5.73 Å². The molecule has 0 saturated carbocycles. The number of rotatable bonds is 4. The van der Waals surface area contributed by atoms with Crippen molar-refractivity contribution in [1.29, 1.82) is 0 Å². The summed E-state index contributed by atoms with van der Waals surface area (Å²) in [6, 6.07) is -0.414. The molecule has 72 valence electrons. The maximum atomic E-state index is 11.2. The molecule has 3 heteroatoms. The number of carbonyl (C=O) groups is 1. The molecule has 12 heavy (non-hydrogen) atoms. The van der Waals surface area contributed by atoms with Crippen molar-refractivity contribution in [3.63, 3.8) is 0 Å². The average molecular weight is 172 g/mol. The van der Waals surface area contributed by atoms with Crippen LogP contribution in [0.4, 0.5) is 0 Å². The van der Waals surface area contributed by atoms with Crippen LogP contribution in [0, 0.1) is 0 Å². The molecule has 0 aromatic rings. The summed E-state index contributed by atoms with van der Waals surface area (Å²) in [5, 5.41) is 2.93. The minimum absolute atomic E-state index is 0.0683. The number of nitrogens with two attached hydrogens (primary N) is 1. The third-order valence-corrected chi connectivity index (χ3v) is 2.40. The van der Waals surface area contributed by atoms with Crippen molar-refractivity contribution in [2.75, 3.05) is 0 Å². The van der Waals surface area contributed by atoms with Gasteiger partial charge in [0.2, 0.25) is 5.91 Å². The molecule has 0 spiro atoms. The lowest BCUT2D eigenvalue weighted by atomic mass is 9.95. The minimum Gasteiger partial charge on any atom is -0.350 e. The molecule has 0 rings (SSSR count). The van der Waals surface area contributed by atoms with Crippen LogP contribution in [-0.2, 0) is 4.79 Å². The van der Waals surface area contributed by atoms with Gasteiger partial charge in [0.05, 0.1) is 6.04 Å². The summed E-state index contributed by atoms with van der Waals surface area (Å²) < 4.78 is 0. The molecule has 0 fully saturated rings. The van der Waals surface area contributed by atoms with E-state index in [1.165, 1.54) is 0 Å². The van der Waals surface area contributed by atoms with Gasteiger partial charge in [0.15, 0.2) is 0 Å². The van der Waals surface area contributed by atoms with Crippen LogP contribution in [0.25, 0.3) is 0 Å². The molecular weight excluding hydrogens is 152 g/mol. The lowest BCUT2D eigenvalue weighted by Gasteiger charge is -2.29. The number of nitrogens with one attached hydrogen (secondary N) is 1. The molecule has 0 radical (unpaired) electrons. The second-order valence-corrected chi connectivity index (χ2v) is 3.55. The van der Waals surface area contributed by atoms with Gasteiger partial charge in [0.1, 0.15) is 0 Å². The Labute approximate surface area is 74.7 Å². The fourth-order valence-electron chi connectivity index (χ4n) is 0.838. The van der Waals surface area contributed by atoms with Crippen LogP contribution in [0.5, 0.6) is 0 Å². The third kappa shape index (κ3) is 3.22. The van der Waals surface area contributed by atoms with Gasteiger partial charge in [-0.25, -0.2) is 0 Å². The molecule has 1 atom stereocenters. The highest BCUT2D eigenvalue weighted by atomic mass is 16.2. The monoisotopic (exact) mass is 172 g/mol. The van der Waals surface area contributed by atoms with Gasteiger partial charge in [-0.05, 0) is 26.7 Å². The van der Waals surface area contributed by atoms with Gasteiger partial charge >= 0.3 is 0 Å². The van der Waals surface area contributed by atoms with E-state index in [1.807, 2.05) is 6.92 Å². The molecule has 0 unspecified atom stereocenters. The van der Waals surface area contributed by atoms with Crippen molar-refractivity contribution in [3.05, 3.63) is 0 Å².